The summed E-state index contributed by atoms with van der Waals surface area (Å²) >= 11 is 0. The van der Waals surface area contributed by atoms with Crippen LogP contribution in [0, 0.1) is 11.7 Å². The molecule has 1 aliphatic heterocycles. The zero-order valence-electron chi connectivity index (χ0n) is 14.4. The number of alkyl carbamates (subject to hydrolysis) is 1. The number of hydrogen-bond donors (Lipinski definition) is 1. The third-order valence-corrected chi connectivity index (χ3v) is 3.88. The number of hydrogen-bond acceptors (Lipinski definition) is 3. The maximum atomic E-state index is 13.0. The molecule has 2 atom stereocenters. The Bertz CT molecular complexity index is 525. The van der Waals surface area contributed by atoms with Gasteiger partial charge in [-0.05, 0) is 64.3 Å². The highest BCUT2D eigenvalue weighted by Crippen LogP contribution is 2.21. The van der Waals surface area contributed by atoms with Crippen molar-refractivity contribution in [1.29, 1.82) is 0 Å². The lowest BCUT2D eigenvalue weighted by molar-refractivity contribution is 0.0461. The number of halogens is 1. The largest absolute Gasteiger partial charge is 0.444 e. The number of benzene rings is 1. The molecule has 128 valence electrons. The molecule has 1 amide bonds. The molecule has 5 heteroatoms. The number of ether oxygens (including phenoxy) is 1. The van der Waals surface area contributed by atoms with Crippen molar-refractivity contribution in [2.45, 2.75) is 45.3 Å². The molecule has 0 aliphatic carbocycles. The van der Waals surface area contributed by atoms with Crippen molar-refractivity contribution in [3.63, 3.8) is 0 Å². The molecule has 2 rings (SSSR count). The number of likely N-dealkylation sites (N-methyl/N-ethyl adjacent to an activating group) is 1. The number of nitrogens with zero attached hydrogens (tertiary/aromatic N) is 1. The second kappa shape index (κ2) is 7.30. The molecule has 1 aliphatic rings. The van der Waals surface area contributed by atoms with Gasteiger partial charge in [0.15, 0.2) is 0 Å². The summed E-state index contributed by atoms with van der Waals surface area (Å²) in [6.07, 6.45) is 1.43. The molecular weight excluding hydrogens is 295 g/mol. The molecule has 23 heavy (non-hydrogen) atoms. The number of piperidine rings is 1. The van der Waals surface area contributed by atoms with Crippen LogP contribution in [0.2, 0.25) is 0 Å². The molecule has 1 aromatic carbocycles. The lowest BCUT2D eigenvalue weighted by Gasteiger charge is -2.36. The van der Waals surface area contributed by atoms with E-state index in [1.54, 1.807) is 0 Å². The van der Waals surface area contributed by atoms with Crippen molar-refractivity contribution < 1.29 is 13.9 Å². The standard InChI is InChI=1S/C18H27FN2O2/c1-18(2,3)23-17(22)20-16-10-14(11-21(4)12-16)9-13-5-7-15(19)8-6-13/h5-8,14,16H,9-12H2,1-4H3,(H,20,22). The lowest BCUT2D eigenvalue weighted by Crippen LogP contribution is -2.50. The Morgan fingerprint density at radius 2 is 1.96 bits per heavy atom. The van der Waals surface area contributed by atoms with Crippen LogP contribution in [0.1, 0.15) is 32.8 Å². The first kappa shape index (κ1) is 17.7. The first-order valence-corrected chi connectivity index (χ1v) is 8.14. The SMILES string of the molecule is CN1CC(Cc2ccc(F)cc2)CC(NC(=O)OC(C)(C)C)C1. The van der Waals surface area contributed by atoms with Crippen LogP contribution in [-0.4, -0.2) is 42.8 Å². The molecule has 0 spiro atoms. The second-order valence-corrected chi connectivity index (χ2v) is 7.50. The second-order valence-electron chi connectivity index (χ2n) is 7.50. The number of amides is 1. The third-order valence-electron chi connectivity index (χ3n) is 3.88. The smallest absolute Gasteiger partial charge is 0.407 e. The van der Waals surface area contributed by atoms with Crippen molar-refractivity contribution in [2.24, 2.45) is 5.92 Å². The van der Waals surface area contributed by atoms with Crippen molar-refractivity contribution in [2.75, 3.05) is 20.1 Å². The number of rotatable bonds is 3. The molecule has 0 aromatic heterocycles. The zero-order chi connectivity index (χ0) is 17.0. The summed E-state index contributed by atoms with van der Waals surface area (Å²) in [5.74, 6) is 0.220. The molecular formula is C18H27FN2O2. The summed E-state index contributed by atoms with van der Waals surface area (Å²) in [5, 5.41) is 2.97. The van der Waals surface area contributed by atoms with E-state index in [9.17, 15) is 9.18 Å². The van der Waals surface area contributed by atoms with Gasteiger partial charge in [-0.3, -0.25) is 0 Å². The van der Waals surface area contributed by atoms with E-state index >= 15 is 0 Å². The monoisotopic (exact) mass is 322 g/mol. The van der Waals surface area contributed by atoms with E-state index in [1.807, 2.05) is 32.9 Å². The molecule has 1 aromatic rings. The predicted octanol–water partition coefficient (Wildman–Crippen LogP) is 3.21. The van der Waals surface area contributed by atoms with Crippen molar-refractivity contribution in [3.8, 4) is 0 Å². The minimum atomic E-state index is -0.488. The summed E-state index contributed by atoms with van der Waals surface area (Å²) in [5.41, 5.74) is 0.640. The molecule has 0 radical (unpaired) electrons. The maximum absolute atomic E-state index is 13.0. The Morgan fingerprint density at radius 1 is 1.30 bits per heavy atom. The van der Waals surface area contributed by atoms with Crippen LogP contribution in [0.3, 0.4) is 0 Å². The van der Waals surface area contributed by atoms with Crippen LogP contribution in [0.5, 0.6) is 0 Å². The predicted molar refractivity (Wildman–Crippen MR) is 88.9 cm³/mol. The van der Waals surface area contributed by atoms with Crippen LogP contribution < -0.4 is 5.32 Å². The first-order chi connectivity index (χ1) is 10.7. The Balaban J connectivity index is 1.90. The van der Waals surface area contributed by atoms with Gasteiger partial charge in [0, 0.05) is 19.1 Å². The molecule has 1 saturated heterocycles. The number of nitrogens with one attached hydrogen (secondary N) is 1. The van der Waals surface area contributed by atoms with Crippen LogP contribution in [0.25, 0.3) is 0 Å². The van der Waals surface area contributed by atoms with Gasteiger partial charge < -0.3 is 15.0 Å². The first-order valence-electron chi connectivity index (χ1n) is 8.14. The van der Waals surface area contributed by atoms with Crippen LogP contribution in [-0.2, 0) is 11.2 Å². The summed E-state index contributed by atoms with van der Waals surface area (Å²) in [6.45, 7) is 7.37. The maximum Gasteiger partial charge on any atom is 0.407 e. The minimum absolute atomic E-state index is 0.0778. The van der Waals surface area contributed by atoms with E-state index < -0.39 is 5.60 Å². The average molecular weight is 322 g/mol. The van der Waals surface area contributed by atoms with Crippen LogP contribution in [0.4, 0.5) is 9.18 Å². The number of carbonyl (C=O) groups is 1. The molecule has 4 nitrogen and oxygen atoms in total. The molecule has 2 unspecified atom stereocenters. The summed E-state index contributed by atoms with van der Waals surface area (Å²) < 4.78 is 18.3. The van der Waals surface area contributed by atoms with E-state index in [0.717, 1.165) is 31.5 Å². The quantitative estimate of drug-likeness (QED) is 0.929. The Morgan fingerprint density at radius 3 is 2.57 bits per heavy atom. The molecule has 0 saturated carbocycles. The Kier molecular flexibility index (Phi) is 5.63. The highest BCUT2D eigenvalue weighted by Gasteiger charge is 2.28. The van der Waals surface area contributed by atoms with Gasteiger partial charge in [-0.25, -0.2) is 9.18 Å². The summed E-state index contributed by atoms with van der Waals surface area (Å²) in [4.78, 5) is 14.2. The van der Waals surface area contributed by atoms with Crippen LogP contribution in [0.15, 0.2) is 24.3 Å². The molecule has 1 heterocycles. The number of carbonyl (C=O) groups excluding carboxylic acids is 1. The topological polar surface area (TPSA) is 41.6 Å². The van der Waals surface area contributed by atoms with E-state index in [4.69, 9.17) is 4.74 Å². The minimum Gasteiger partial charge on any atom is -0.444 e. The van der Waals surface area contributed by atoms with Gasteiger partial charge >= 0.3 is 6.09 Å². The van der Waals surface area contributed by atoms with Crippen molar-refractivity contribution in [1.82, 2.24) is 10.2 Å². The van der Waals surface area contributed by atoms with Gasteiger partial charge in [-0.2, -0.15) is 0 Å². The van der Waals surface area contributed by atoms with Crippen molar-refractivity contribution >= 4 is 6.09 Å². The normalized spacial score (nSPS) is 22.7. The third kappa shape index (κ3) is 6.18. The summed E-state index contributed by atoms with van der Waals surface area (Å²) in [6, 6.07) is 6.74. The van der Waals surface area contributed by atoms with Gasteiger partial charge in [-0.15, -0.1) is 0 Å². The van der Waals surface area contributed by atoms with E-state index in [-0.39, 0.29) is 18.0 Å². The summed E-state index contributed by atoms with van der Waals surface area (Å²) in [7, 11) is 2.06. The van der Waals surface area contributed by atoms with Gasteiger partial charge in [-0.1, -0.05) is 12.1 Å². The van der Waals surface area contributed by atoms with Gasteiger partial charge in [0.2, 0.25) is 0 Å². The molecule has 0 bridgehead atoms. The van der Waals surface area contributed by atoms with Gasteiger partial charge in [0.05, 0.1) is 0 Å². The average Bonchev–Trinajstić information content (AvgIpc) is 2.38. The Labute approximate surface area is 138 Å². The molecule has 1 fully saturated rings. The van der Waals surface area contributed by atoms with Crippen LogP contribution >= 0.6 is 0 Å². The fourth-order valence-corrected chi connectivity index (χ4v) is 3.12. The Hall–Kier alpha value is -1.62. The van der Waals surface area contributed by atoms with E-state index in [2.05, 4.69) is 17.3 Å². The van der Waals surface area contributed by atoms with E-state index in [0.29, 0.717) is 5.92 Å². The van der Waals surface area contributed by atoms with Gasteiger partial charge in [0.1, 0.15) is 11.4 Å². The molecule has 1 N–H and O–H groups in total. The van der Waals surface area contributed by atoms with Gasteiger partial charge in [0.25, 0.3) is 0 Å². The lowest BCUT2D eigenvalue weighted by atomic mass is 9.89. The fraction of sp³-hybridized carbons (Fsp3) is 0.611. The van der Waals surface area contributed by atoms with E-state index in [1.165, 1.54) is 12.1 Å². The number of likely N-dealkylation sites (tertiary alicyclic amines) is 1. The highest BCUT2D eigenvalue weighted by atomic mass is 19.1. The highest BCUT2D eigenvalue weighted by molar-refractivity contribution is 5.68. The fourth-order valence-electron chi connectivity index (χ4n) is 3.12. The zero-order valence-corrected chi connectivity index (χ0v) is 14.4. The van der Waals surface area contributed by atoms with Crippen molar-refractivity contribution in [3.05, 3.63) is 35.6 Å².